The molecule has 2 heteroatoms. The Balaban J connectivity index is 1.89. The molecule has 3 unspecified atom stereocenters. The van der Waals surface area contributed by atoms with E-state index in [9.17, 15) is 0 Å². The Kier molecular flexibility index (Phi) is 1.74. The SMILES string of the molecule is C=CC(NN)C1CC2CC2C1. The molecule has 2 nitrogen and oxygen atoms in total. The predicted molar refractivity (Wildman–Crippen MR) is 45.6 cm³/mol. The minimum absolute atomic E-state index is 0.350. The van der Waals surface area contributed by atoms with Gasteiger partial charge in [-0.25, -0.2) is 0 Å². The number of hydrogen-bond donors (Lipinski definition) is 2. The molecule has 3 N–H and O–H groups in total. The Bertz CT molecular complexity index is 157. The summed E-state index contributed by atoms with van der Waals surface area (Å²) < 4.78 is 0. The number of hydrazine groups is 1. The van der Waals surface area contributed by atoms with Crippen LogP contribution in [0, 0.1) is 17.8 Å². The summed E-state index contributed by atoms with van der Waals surface area (Å²) >= 11 is 0. The summed E-state index contributed by atoms with van der Waals surface area (Å²) in [6, 6.07) is 0.350. The summed E-state index contributed by atoms with van der Waals surface area (Å²) in [6.07, 6.45) is 6.15. The summed E-state index contributed by atoms with van der Waals surface area (Å²) in [5, 5.41) is 0. The highest BCUT2D eigenvalue weighted by Crippen LogP contribution is 2.55. The zero-order chi connectivity index (χ0) is 7.84. The van der Waals surface area contributed by atoms with Gasteiger partial charge in [0.1, 0.15) is 0 Å². The van der Waals surface area contributed by atoms with Crippen molar-refractivity contribution in [3.63, 3.8) is 0 Å². The number of nitrogens with one attached hydrogen (secondary N) is 1. The molecule has 0 radical (unpaired) electrons. The maximum absolute atomic E-state index is 5.40. The average Bonchev–Trinajstić information content (AvgIpc) is 2.62. The first kappa shape index (κ1) is 7.32. The predicted octanol–water partition coefficient (Wildman–Crippen LogP) is 1.05. The van der Waals surface area contributed by atoms with Gasteiger partial charge < -0.3 is 0 Å². The molecule has 0 saturated heterocycles. The van der Waals surface area contributed by atoms with Crippen LogP contribution >= 0.6 is 0 Å². The van der Waals surface area contributed by atoms with Crippen molar-refractivity contribution in [1.29, 1.82) is 0 Å². The molecule has 0 aromatic rings. The van der Waals surface area contributed by atoms with E-state index in [0.29, 0.717) is 6.04 Å². The lowest BCUT2D eigenvalue weighted by molar-refractivity contribution is 0.388. The van der Waals surface area contributed by atoms with Gasteiger partial charge in [-0.15, -0.1) is 6.58 Å². The van der Waals surface area contributed by atoms with Crippen molar-refractivity contribution >= 4 is 0 Å². The molecule has 0 amide bonds. The van der Waals surface area contributed by atoms with E-state index in [1.165, 1.54) is 19.3 Å². The largest absolute Gasteiger partial charge is 0.271 e. The zero-order valence-electron chi connectivity index (χ0n) is 6.79. The van der Waals surface area contributed by atoms with Gasteiger partial charge in [0, 0.05) is 6.04 Å². The molecule has 0 heterocycles. The summed E-state index contributed by atoms with van der Waals surface area (Å²) in [7, 11) is 0. The van der Waals surface area contributed by atoms with Crippen LogP contribution in [0.3, 0.4) is 0 Å². The van der Waals surface area contributed by atoms with Crippen LogP contribution in [0.15, 0.2) is 12.7 Å². The lowest BCUT2D eigenvalue weighted by Gasteiger charge is -2.19. The topological polar surface area (TPSA) is 38.0 Å². The van der Waals surface area contributed by atoms with E-state index in [-0.39, 0.29) is 0 Å². The fourth-order valence-corrected chi connectivity index (χ4v) is 2.45. The van der Waals surface area contributed by atoms with Crippen molar-refractivity contribution in [2.45, 2.75) is 25.3 Å². The molecule has 2 rings (SSSR count). The van der Waals surface area contributed by atoms with Crippen LogP contribution in [0.5, 0.6) is 0 Å². The molecule has 2 fully saturated rings. The third kappa shape index (κ3) is 1.21. The van der Waals surface area contributed by atoms with Gasteiger partial charge in [0.2, 0.25) is 0 Å². The van der Waals surface area contributed by atoms with Crippen molar-refractivity contribution in [3.8, 4) is 0 Å². The van der Waals surface area contributed by atoms with Crippen LogP contribution in [0.1, 0.15) is 19.3 Å². The van der Waals surface area contributed by atoms with Crippen LogP contribution in [0.2, 0.25) is 0 Å². The summed E-state index contributed by atoms with van der Waals surface area (Å²) in [4.78, 5) is 0. The Morgan fingerprint density at radius 2 is 2.00 bits per heavy atom. The van der Waals surface area contributed by atoms with Gasteiger partial charge in [-0.2, -0.15) is 0 Å². The Morgan fingerprint density at radius 1 is 1.36 bits per heavy atom. The van der Waals surface area contributed by atoms with Gasteiger partial charge in [-0.1, -0.05) is 6.08 Å². The molecule has 11 heavy (non-hydrogen) atoms. The lowest BCUT2D eigenvalue weighted by atomic mass is 9.95. The first-order valence-electron chi connectivity index (χ1n) is 4.44. The highest BCUT2D eigenvalue weighted by molar-refractivity contribution is 5.02. The van der Waals surface area contributed by atoms with Crippen molar-refractivity contribution in [1.82, 2.24) is 5.43 Å². The van der Waals surface area contributed by atoms with Crippen LogP contribution in [-0.4, -0.2) is 6.04 Å². The second-order valence-electron chi connectivity index (χ2n) is 3.92. The van der Waals surface area contributed by atoms with E-state index < -0.39 is 0 Å². The minimum atomic E-state index is 0.350. The fourth-order valence-electron chi connectivity index (χ4n) is 2.45. The minimum Gasteiger partial charge on any atom is -0.271 e. The Morgan fingerprint density at radius 3 is 2.45 bits per heavy atom. The Hall–Kier alpha value is -0.340. The third-order valence-electron chi connectivity index (χ3n) is 3.23. The third-order valence-corrected chi connectivity index (χ3v) is 3.23. The molecular formula is C9H16N2. The Labute approximate surface area is 67.8 Å². The van der Waals surface area contributed by atoms with Gasteiger partial charge in [-0.3, -0.25) is 11.3 Å². The van der Waals surface area contributed by atoms with Crippen molar-refractivity contribution < 1.29 is 0 Å². The molecule has 3 atom stereocenters. The molecule has 2 aliphatic rings. The molecule has 0 spiro atoms. The van der Waals surface area contributed by atoms with Crippen molar-refractivity contribution in [3.05, 3.63) is 12.7 Å². The quantitative estimate of drug-likeness (QED) is 0.360. The van der Waals surface area contributed by atoms with Gasteiger partial charge in [0.25, 0.3) is 0 Å². The van der Waals surface area contributed by atoms with E-state index in [1.807, 2.05) is 6.08 Å². The number of rotatable bonds is 3. The maximum Gasteiger partial charge on any atom is 0.0416 e. The van der Waals surface area contributed by atoms with Gasteiger partial charge >= 0.3 is 0 Å². The van der Waals surface area contributed by atoms with E-state index in [4.69, 9.17) is 5.84 Å². The van der Waals surface area contributed by atoms with E-state index >= 15 is 0 Å². The average molecular weight is 152 g/mol. The number of fused-ring (bicyclic) bond motifs is 1. The number of hydrogen-bond acceptors (Lipinski definition) is 2. The summed E-state index contributed by atoms with van der Waals surface area (Å²) in [5.74, 6) is 8.24. The smallest absolute Gasteiger partial charge is 0.0416 e. The monoisotopic (exact) mass is 152 g/mol. The van der Waals surface area contributed by atoms with Crippen LogP contribution < -0.4 is 11.3 Å². The van der Waals surface area contributed by atoms with Gasteiger partial charge in [0.15, 0.2) is 0 Å². The number of nitrogens with two attached hydrogens (primary N) is 1. The molecule has 0 bridgehead atoms. The fraction of sp³-hybridized carbons (Fsp3) is 0.778. The van der Waals surface area contributed by atoms with E-state index in [1.54, 1.807) is 0 Å². The molecule has 0 aromatic heterocycles. The standard InChI is InChI=1S/C9H16N2/c1-2-9(11-10)8-4-6-3-7(6)5-8/h2,6-9,11H,1,3-5,10H2. The molecular weight excluding hydrogens is 136 g/mol. The second kappa shape index (κ2) is 2.61. The van der Waals surface area contributed by atoms with E-state index in [2.05, 4.69) is 12.0 Å². The van der Waals surface area contributed by atoms with Crippen LogP contribution in [0.4, 0.5) is 0 Å². The van der Waals surface area contributed by atoms with Crippen LogP contribution in [-0.2, 0) is 0 Å². The normalized spacial score (nSPS) is 43.2. The first-order chi connectivity index (χ1) is 5.35. The first-order valence-corrected chi connectivity index (χ1v) is 4.44. The molecule has 62 valence electrons. The second-order valence-corrected chi connectivity index (χ2v) is 3.92. The molecule has 2 saturated carbocycles. The van der Waals surface area contributed by atoms with Gasteiger partial charge in [-0.05, 0) is 37.0 Å². The maximum atomic E-state index is 5.40. The lowest BCUT2D eigenvalue weighted by Crippen LogP contribution is -2.38. The van der Waals surface area contributed by atoms with Gasteiger partial charge in [0.05, 0.1) is 0 Å². The molecule has 0 aromatic carbocycles. The summed E-state index contributed by atoms with van der Waals surface area (Å²) in [6.45, 7) is 3.77. The van der Waals surface area contributed by atoms with Crippen molar-refractivity contribution in [2.75, 3.05) is 0 Å². The van der Waals surface area contributed by atoms with Crippen molar-refractivity contribution in [2.24, 2.45) is 23.6 Å². The molecule has 2 aliphatic carbocycles. The van der Waals surface area contributed by atoms with E-state index in [0.717, 1.165) is 17.8 Å². The highest BCUT2D eigenvalue weighted by atomic mass is 15.2. The zero-order valence-corrected chi connectivity index (χ0v) is 6.79. The van der Waals surface area contributed by atoms with Crippen LogP contribution in [0.25, 0.3) is 0 Å². The summed E-state index contributed by atoms with van der Waals surface area (Å²) in [5.41, 5.74) is 2.82. The highest BCUT2D eigenvalue weighted by Gasteiger charge is 2.47. The molecule has 0 aliphatic heterocycles.